The Hall–Kier alpha value is -3.11. The minimum Gasteiger partial charge on any atom is -0.385 e. The largest absolute Gasteiger partial charge is 0.472 e. The summed E-state index contributed by atoms with van der Waals surface area (Å²) < 4.78 is 62.0. The summed E-state index contributed by atoms with van der Waals surface area (Å²) >= 11 is 5.96. The predicted molar refractivity (Wildman–Crippen MR) is 147 cm³/mol. The number of nitrogens with one attached hydrogen (secondary N) is 1. The highest BCUT2D eigenvalue weighted by atomic mass is 35.5. The lowest BCUT2D eigenvalue weighted by molar-refractivity contribution is -0.168. The van der Waals surface area contributed by atoms with Gasteiger partial charge >= 0.3 is 15.4 Å². The van der Waals surface area contributed by atoms with Gasteiger partial charge in [0.15, 0.2) is 41.5 Å². The average Bonchev–Trinajstić information content (AvgIpc) is 3.72. The van der Waals surface area contributed by atoms with Crippen molar-refractivity contribution in [2.24, 2.45) is 0 Å². The molecule has 0 aliphatic carbocycles. The summed E-state index contributed by atoms with van der Waals surface area (Å²) in [6.07, 6.45) is -8.72. The number of hydrogen-bond donors (Lipinski definition) is 6. The Morgan fingerprint density at radius 3 is 2.53 bits per heavy atom. The van der Waals surface area contributed by atoms with Crippen LogP contribution >= 0.6 is 27.0 Å². The molecule has 3 fully saturated rings. The first-order chi connectivity index (χ1) is 21.3. The number of phosphoric ester groups is 1. The van der Waals surface area contributed by atoms with Crippen molar-refractivity contribution in [1.29, 1.82) is 0 Å². The number of imidazole rings is 2. The summed E-state index contributed by atoms with van der Waals surface area (Å²) in [5.74, 6) is -0.270. The maximum atomic E-state index is 13.2. The lowest BCUT2D eigenvalue weighted by Gasteiger charge is -2.25. The Labute approximate surface area is 254 Å². The quantitative estimate of drug-likeness (QED) is 0.112. The number of nitrogens with two attached hydrogens (primary N) is 2. The standard InChI is InChI=1S/C20H23ClN10O12P2/c21-19-26-13(22)9-14(27-19)30(3-24-9)8-1-6-7(40-8)2-39-45(36,37)43-12-11(32)18(38-5-44(34,35)42-6)41-17(12)31-4-25-10-15(31)28-20(23)29-16(10)33/h3-4,6-8,11-12,17-18,32H,1-2,5H2,(H,34,35)(H,36,37)(H2,22,26,27)(H3,23,28,29,33)/t6?,7-,8-,11?,12+,17-,18+/m1/s1. The summed E-state index contributed by atoms with van der Waals surface area (Å²) in [6.45, 7) is -0.681. The number of fused-ring (bicyclic) bond motifs is 5. The molecular formula is C20H23ClN10O12P2. The highest BCUT2D eigenvalue weighted by molar-refractivity contribution is 7.52. The van der Waals surface area contributed by atoms with Crippen LogP contribution in [0.4, 0.5) is 11.8 Å². The SMILES string of the molecule is Nc1nc2c(ncn2[C@@H]2O[C@@H]3OCP(=O)(O)OC4C[C@H](n5cnc6c(N)nc(Cl)nc65)O[C@@H]4COP(=O)(O)O[C@H]2C3O)c(=O)[nH]1. The molecule has 4 unspecified atom stereocenters. The van der Waals surface area contributed by atoms with E-state index in [9.17, 15) is 28.8 Å². The Bertz CT molecular complexity index is 1960. The zero-order valence-corrected chi connectivity index (χ0v) is 24.9. The number of aromatic nitrogens is 8. The molecular weight excluding hydrogens is 670 g/mol. The fraction of sp³-hybridized carbons (Fsp3) is 0.500. The van der Waals surface area contributed by atoms with E-state index in [0.29, 0.717) is 0 Å². The second kappa shape index (κ2) is 11.0. The average molecular weight is 693 g/mol. The molecule has 25 heteroatoms. The lowest BCUT2D eigenvalue weighted by Crippen LogP contribution is -2.35. The van der Waals surface area contributed by atoms with Gasteiger partial charge in [0.2, 0.25) is 11.2 Å². The van der Waals surface area contributed by atoms with E-state index in [1.807, 2.05) is 0 Å². The molecule has 0 radical (unpaired) electrons. The maximum Gasteiger partial charge on any atom is 0.472 e. The number of aliphatic hydroxyl groups is 1. The van der Waals surface area contributed by atoms with Gasteiger partial charge in [0.05, 0.1) is 19.3 Å². The third kappa shape index (κ3) is 5.62. The van der Waals surface area contributed by atoms with Crippen molar-refractivity contribution in [3.05, 3.63) is 28.3 Å². The van der Waals surface area contributed by atoms with E-state index in [-0.39, 0.29) is 45.8 Å². The van der Waals surface area contributed by atoms with E-state index < -0.39 is 77.1 Å². The van der Waals surface area contributed by atoms with E-state index in [0.717, 1.165) is 10.9 Å². The van der Waals surface area contributed by atoms with Crippen LogP contribution in [0.3, 0.4) is 0 Å². The fourth-order valence-electron chi connectivity index (χ4n) is 5.24. The van der Waals surface area contributed by atoms with Gasteiger partial charge in [-0.1, -0.05) is 0 Å². The van der Waals surface area contributed by atoms with Crippen LogP contribution in [0.25, 0.3) is 22.3 Å². The third-order valence-corrected chi connectivity index (χ3v) is 9.40. The van der Waals surface area contributed by atoms with Crippen molar-refractivity contribution in [2.45, 2.75) is 49.6 Å². The van der Waals surface area contributed by atoms with Gasteiger partial charge in [-0.25, -0.2) is 14.5 Å². The molecule has 22 nitrogen and oxygen atoms in total. The molecule has 7 rings (SSSR count). The van der Waals surface area contributed by atoms with E-state index in [4.69, 9.17) is 50.9 Å². The van der Waals surface area contributed by atoms with Gasteiger partial charge in [0.1, 0.15) is 36.2 Å². The van der Waals surface area contributed by atoms with Crippen molar-refractivity contribution in [3.8, 4) is 0 Å². The molecule has 7 heterocycles. The normalized spacial score (nSPS) is 36.0. The maximum absolute atomic E-state index is 13.2. The topological polar surface area (TPSA) is 309 Å². The van der Waals surface area contributed by atoms with E-state index in [2.05, 4.69) is 29.9 Å². The van der Waals surface area contributed by atoms with Crippen LogP contribution in [-0.4, -0.2) is 97.6 Å². The Kier molecular flexibility index (Phi) is 7.47. The first-order valence-corrected chi connectivity index (χ1v) is 16.6. The molecule has 242 valence electrons. The molecule has 3 aliphatic rings. The number of rotatable bonds is 2. The molecule has 0 amide bonds. The minimum atomic E-state index is -5.05. The molecule has 8 N–H and O–H groups in total. The van der Waals surface area contributed by atoms with E-state index in [1.165, 1.54) is 10.9 Å². The molecule has 4 aromatic heterocycles. The van der Waals surface area contributed by atoms with Crippen molar-refractivity contribution in [3.63, 3.8) is 0 Å². The second-order valence-electron chi connectivity index (χ2n) is 10.1. The highest BCUT2D eigenvalue weighted by Gasteiger charge is 2.52. The molecule has 9 atom stereocenters. The van der Waals surface area contributed by atoms with Crippen molar-refractivity contribution >= 4 is 61.1 Å². The van der Waals surface area contributed by atoms with Gasteiger partial charge in [-0.15, -0.1) is 0 Å². The van der Waals surface area contributed by atoms with Crippen LogP contribution in [0.5, 0.6) is 0 Å². The van der Waals surface area contributed by atoms with Gasteiger partial charge < -0.3 is 45.1 Å². The number of ether oxygens (including phenoxy) is 3. The lowest BCUT2D eigenvalue weighted by atomic mass is 10.2. The third-order valence-electron chi connectivity index (χ3n) is 7.17. The molecule has 0 saturated carbocycles. The van der Waals surface area contributed by atoms with Crippen LogP contribution in [0, 0.1) is 0 Å². The van der Waals surface area contributed by atoms with E-state index >= 15 is 0 Å². The molecule has 0 aromatic carbocycles. The molecule has 3 aliphatic heterocycles. The summed E-state index contributed by atoms with van der Waals surface area (Å²) in [7, 11) is -9.67. The number of nitrogen functional groups attached to an aromatic ring is 2. The van der Waals surface area contributed by atoms with Crippen LogP contribution in [-0.2, 0) is 36.9 Å². The number of aromatic amines is 1. The van der Waals surface area contributed by atoms with Gasteiger partial charge in [-0.3, -0.25) is 32.5 Å². The van der Waals surface area contributed by atoms with Crippen molar-refractivity contribution in [1.82, 2.24) is 39.0 Å². The van der Waals surface area contributed by atoms with Crippen LogP contribution in [0.1, 0.15) is 18.9 Å². The van der Waals surface area contributed by atoms with Gasteiger partial charge in [0.25, 0.3) is 5.56 Å². The number of phosphoric acid groups is 1. The second-order valence-corrected chi connectivity index (χ2v) is 13.6. The first-order valence-electron chi connectivity index (χ1n) is 12.9. The van der Waals surface area contributed by atoms with Gasteiger partial charge in [-0.2, -0.15) is 15.0 Å². The highest BCUT2D eigenvalue weighted by Crippen LogP contribution is 2.53. The summed E-state index contributed by atoms with van der Waals surface area (Å²) in [6, 6.07) is 0. The summed E-state index contributed by atoms with van der Waals surface area (Å²) in [4.78, 5) is 56.0. The Balaban J connectivity index is 1.19. The number of anilines is 2. The molecule has 0 spiro atoms. The molecule has 2 bridgehead atoms. The summed E-state index contributed by atoms with van der Waals surface area (Å²) in [5.41, 5.74) is 11.0. The summed E-state index contributed by atoms with van der Waals surface area (Å²) in [5, 5.41) is 10.8. The van der Waals surface area contributed by atoms with Crippen molar-refractivity contribution < 1.29 is 51.8 Å². The van der Waals surface area contributed by atoms with Crippen LogP contribution in [0.15, 0.2) is 17.4 Å². The molecule has 3 saturated heterocycles. The number of halogens is 1. The number of H-pyrrole nitrogens is 1. The minimum absolute atomic E-state index is 0.00587. The number of hydrogen-bond acceptors (Lipinski definition) is 17. The zero-order valence-electron chi connectivity index (χ0n) is 22.4. The van der Waals surface area contributed by atoms with Crippen LogP contribution in [0.2, 0.25) is 5.28 Å². The van der Waals surface area contributed by atoms with E-state index in [1.54, 1.807) is 0 Å². The first kappa shape index (κ1) is 30.5. The number of nitrogens with zero attached hydrogens (tertiary/aromatic N) is 7. The zero-order chi connectivity index (χ0) is 31.8. The molecule has 4 aromatic rings. The van der Waals surface area contributed by atoms with Gasteiger partial charge in [0, 0.05) is 6.42 Å². The predicted octanol–water partition coefficient (Wildman–Crippen LogP) is -0.659. The monoisotopic (exact) mass is 692 g/mol. The smallest absolute Gasteiger partial charge is 0.385 e. The Morgan fingerprint density at radius 1 is 1.00 bits per heavy atom. The van der Waals surface area contributed by atoms with Gasteiger partial charge in [-0.05, 0) is 11.6 Å². The molecule has 45 heavy (non-hydrogen) atoms. The number of aliphatic hydroxyl groups excluding tert-OH is 1. The van der Waals surface area contributed by atoms with Crippen molar-refractivity contribution in [2.75, 3.05) is 24.4 Å². The fourth-order valence-corrected chi connectivity index (χ4v) is 7.38. The Morgan fingerprint density at radius 2 is 1.73 bits per heavy atom. The van der Waals surface area contributed by atoms with Crippen LogP contribution < -0.4 is 17.0 Å².